The van der Waals surface area contributed by atoms with Crippen LogP contribution in [0.2, 0.25) is 0 Å². The largest absolute Gasteiger partial charge is 0.496 e. The molecule has 0 bridgehead atoms. The number of halogens is 5. The number of nitriles is 1. The number of rotatable bonds is 7. The molecule has 3 aromatic rings. The van der Waals surface area contributed by atoms with Crippen molar-refractivity contribution < 1.29 is 36.2 Å². The van der Waals surface area contributed by atoms with E-state index in [2.05, 4.69) is 10.3 Å². The molecule has 0 atom stereocenters. The van der Waals surface area contributed by atoms with Crippen LogP contribution in [0.4, 0.5) is 27.1 Å². The highest BCUT2D eigenvalue weighted by molar-refractivity contribution is 7.13. The van der Waals surface area contributed by atoms with Gasteiger partial charge >= 0.3 is 0 Å². The number of ether oxygens (including phenoxy) is 2. The molecule has 6 nitrogen and oxygen atoms in total. The number of methoxy groups -OCH3 is 1. The Balaban J connectivity index is 1.88. The summed E-state index contributed by atoms with van der Waals surface area (Å²) in [7, 11) is 1.29. The molecule has 170 valence electrons. The fourth-order valence-corrected chi connectivity index (χ4v) is 3.15. The molecule has 1 amide bonds. The lowest BCUT2D eigenvalue weighted by atomic mass is 10.1. The maximum Gasteiger partial charge on any atom is 0.268 e. The average Bonchev–Trinajstić information content (AvgIpc) is 3.33. The highest BCUT2D eigenvalue weighted by Gasteiger charge is 2.27. The van der Waals surface area contributed by atoms with E-state index in [9.17, 15) is 32.0 Å². The first kappa shape index (κ1) is 23.7. The van der Waals surface area contributed by atoms with Gasteiger partial charge in [0.2, 0.25) is 29.1 Å². The standard InChI is InChI=1S/C21H12F5N3O3S/c1-31-13-3-2-10(6-11(8-27)20(30)29-21-28-4-5-33-21)7-12(13)9-32-19-17(25)15(23)14(22)16(24)18(19)26/h2-7H,9H2,1H3,(H,28,29,30). The third-order valence-electron chi connectivity index (χ3n) is 4.17. The number of aromatic nitrogens is 1. The van der Waals surface area contributed by atoms with Crippen molar-refractivity contribution in [3.63, 3.8) is 0 Å². The summed E-state index contributed by atoms with van der Waals surface area (Å²) in [6, 6.07) is 6.00. The third kappa shape index (κ3) is 5.09. The van der Waals surface area contributed by atoms with Crippen LogP contribution < -0.4 is 14.8 Å². The lowest BCUT2D eigenvalue weighted by Gasteiger charge is -2.13. The van der Waals surface area contributed by atoms with Crippen molar-refractivity contribution in [3.05, 3.63) is 75.6 Å². The molecular weight excluding hydrogens is 469 g/mol. The molecule has 12 heteroatoms. The fraction of sp³-hybridized carbons (Fsp3) is 0.0952. The Bertz CT molecular complexity index is 1240. The number of thiazole rings is 1. The number of amides is 1. The van der Waals surface area contributed by atoms with Crippen molar-refractivity contribution in [2.45, 2.75) is 6.61 Å². The van der Waals surface area contributed by atoms with Crippen LogP contribution in [0.15, 0.2) is 35.3 Å². The molecule has 1 aromatic heterocycles. The Hall–Kier alpha value is -3.98. The van der Waals surface area contributed by atoms with E-state index < -0.39 is 47.3 Å². The van der Waals surface area contributed by atoms with Gasteiger partial charge in [-0.25, -0.2) is 18.2 Å². The van der Waals surface area contributed by atoms with Gasteiger partial charge in [0.05, 0.1) is 7.11 Å². The van der Waals surface area contributed by atoms with Crippen molar-refractivity contribution in [3.8, 4) is 17.6 Å². The van der Waals surface area contributed by atoms with Crippen LogP contribution in [-0.2, 0) is 11.4 Å². The highest BCUT2D eigenvalue weighted by atomic mass is 32.1. The Morgan fingerprint density at radius 2 is 1.82 bits per heavy atom. The summed E-state index contributed by atoms with van der Waals surface area (Å²) in [5.41, 5.74) is 0.174. The molecule has 0 saturated heterocycles. The first-order chi connectivity index (χ1) is 15.8. The monoisotopic (exact) mass is 481 g/mol. The first-order valence-corrected chi connectivity index (χ1v) is 9.78. The van der Waals surface area contributed by atoms with Crippen LogP contribution >= 0.6 is 11.3 Å². The number of hydrogen-bond acceptors (Lipinski definition) is 6. The van der Waals surface area contributed by atoms with E-state index >= 15 is 0 Å². The zero-order chi connectivity index (χ0) is 24.1. The van der Waals surface area contributed by atoms with Gasteiger partial charge in [-0.1, -0.05) is 6.07 Å². The van der Waals surface area contributed by atoms with Crippen molar-refractivity contribution in [2.75, 3.05) is 12.4 Å². The Labute approximate surface area is 187 Å². The number of anilines is 1. The summed E-state index contributed by atoms with van der Waals surface area (Å²) >= 11 is 1.15. The summed E-state index contributed by atoms with van der Waals surface area (Å²) < 4.78 is 77.7. The van der Waals surface area contributed by atoms with Gasteiger partial charge in [0, 0.05) is 17.1 Å². The maximum absolute atomic E-state index is 13.9. The summed E-state index contributed by atoms with van der Waals surface area (Å²) in [4.78, 5) is 16.1. The minimum Gasteiger partial charge on any atom is -0.496 e. The molecule has 1 N–H and O–H groups in total. The quantitative estimate of drug-likeness (QED) is 0.169. The Morgan fingerprint density at radius 1 is 1.15 bits per heavy atom. The third-order valence-corrected chi connectivity index (χ3v) is 4.86. The van der Waals surface area contributed by atoms with Gasteiger partial charge in [0.1, 0.15) is 24.0 Å². The molecule has 0 aliphatic rings. The summed E-state index contributed by atoms with van der Waals surface area (Å²) in [6.07, 6.45) is 2.70. The van der Waals surface area contributed by atoms with Crippen LogP contribution in [0.3, 0.4) is 0 Å². The van der Waals surface area contributed by atoms with Gasteiger partial charge < -0.3 is 9.47 Å². The number of benzene rings is 2. The Morgan fingerprint density at radius 3 is 2.39 bits per heavy atom. The number of nitrogens with one attached hydrogen (secondary N) is 1. The fourth-order valence-electron chi connectivity index (χ4n) is 2.63. The first-order valence-electron chi connectivity index (χ1n) is 8.90. The SMILES string of the molecule is COc1ccc(C=C(C#N)C(=O)Nc2nccs2)cc1COc1c(F)c(F)c(F)c(F)c1F. The molecule has 0 spiro atoms. The summed E-state index contributed by atoms with van der Waals surface area (Å²) in [5.74, 6) is -12.8. The van der Waals surface area contributed by atoms with Crippen molar-refractivity contribution in [1.82, 2.24) is 4.98 Å². The molecule has 33 heavy (non-hydrogen) atoms. The van der Waals surface area contributed by atoms with E-state index in [4.69, 9.17) is 9.47 Å². The second kappa shape index (κ2) is 10.1. The molecule has 0 aliphatic carbocycles. The van der Waals surface area contributed by atoms with Crippen molar-refractivity contribution >= 4 is 28.5 Å². The van der Waals surface area contributed by atoms with Gasteiger partial charge in [-0.2, -0.15) is 14.0 Å². The minimum absolute atomic E-state index is 0.146. The second-order valence-electron chi connectivity index (χ2n) is 6.22. The van der Waals surface area contributed by atoms with Gasteiger partial charge in [-0.3, -0.25) is 10.1 Å². The van der Waals surface area contributed by atoms with Gasteiger partial charge in [-0.15, -0.1) is 11.3 Å². The topological polar surface area (TPSA) is 84.2 Å². The number of hydrogen-bond donors (Lipinski definition) is 1. The summed E-state index contributed by atoms with van der Waals surface area (Å²) in [5, 5.41) is 13.7. The van der Waals surface area contributed by atoms with E-state index in [0.717, 1.165) is 11.3 Å². The molecule has 0 aliphatic heterocycles. The zero-order valence-corrected chi connectivity index (χ0v) is 17.4. The van der Waals surface area contributed by atoms with Crippen LogP contribution in [0.25, 0.3) is 6.08 Å². The molecule has 1 heterocycles. The zero-order valence-electron chi connectivity index (χ0n) is 16.6. The van der Waals surface area contributed by atoms with Crippen molar-refractivity contribution in [1.29, 1.82) is 5.26 Å². The number of nitrogens with zero attached hydrogens (tertiary/aromatic N) is 2. The van der Waals surface area contributed by atoms with Crippen molar-refractivity contribution in [2.24, 2.45) is 0 Å². The molecule has 0 fully saturated rings. The summed E-state index contributed by atoms with van der Waals surface area (Å²) in [6.45, 7) is -0.642. The molecule has 3 rings (SSSR count). The second-order valence-corrected chi connectivity index (χ2v) is 7.11. The predicted octanol–water partition coefficient (Wildman–Crippen LogP) is 4.97. The van der Waals surface area contributed by atoms with Crippen LogP contribution in [0, 0.1) is 40.4 Å². The molecule has 0 saturated carbocycles. The Kier molecular flexibility index (Phi) is 7.24. The minimum atomic E-state index is -2.30. The van der Waals surface area contributed by atoms with E-state index in [1.54, 1.807) is 11.4 Å². The number of carbonyl (C=O) groups is 1. The normalized spacial score (nSPS) is 11.1. The van der Waals surface area contributed by atoms with Gasteiger partial charge in [0.15, 0.2) is 10.9 Å². The molecular formula is C21H12F5N3O3S. The van der Waals surface area contributed by atoms with E-state index in [1.807, 2.05) is 0 Å². The highest BCUT2D eigenvalue weighted by Crippen LogP contribution is 2.31. The average molecular weight is 481 g/mol. The van der Waals surface area contributed by atoms with Crippen LogP contribution in [-0.4, -0.2) is 18.0 Å². The lowest BCUT2D eigenvalue weighted by Crippen LogP contribution is -2.13. The predicted molar refractivity (Wildman–Crippen MR) is 108 cm³/mol. The van der Waals surface area contributed by atoms with Gasteiger partial charge in [0.25, 0.3) is 5.91 Å². The van der Waals surface area contributed by atoms with Gasteiger partial charge in [-0.05, 0) is 23.8 Å². The maximum atomic E-state index is 13.9. The molecule has 0 radical (unpaired) electrons. The molecule has 2 aromatic carbocycles. The smallest absolute Gasteiger partial charge is 0.268 e. The number of carbonyl (C=O) groups excluding carboxylic acids is 1. The van der Waals surface area contributed by atoms with E-state index in [-0.39, 0.29) is 22.0 Å². The van der Waals surface area contributed by atoms with Crippen LogP contribution in [0.1, 0.15) is 11.1 Å². The van der Waals surface area contributed by atoms with E-state index in [0.29, 0.717) is 5.56 Å². The van der Waals surface area contributed by atoms with E-state index in [1.165, 1.54) is 37.6 Å². The van der Waals surface area contributed by atoms with Crippen LogP contribution in [0.5, 0.6) is 11.5 Å². The lowest BCUT2D eigenvalue weighted by molar-refractivity contribution is -0.112. The molecule has 0 unspecified atom stereocenters.